The van der Waals surface area contributed by atoms with E-state index in [-0.39, 0.29) is 11.6 Å². The molecule has 2 aromatic heterocycles. The first-order valence-electron chi connectivity index (χ1n) is 11.9. The van der Waals surface area contributed by atoms with Gasteiger partial charge in [-0.25, -0.2) is 19.5 Å². The summed E-state index contributed by atoms with van der Waals surface area (Å²) in [4.78, 5) is 24.6. The van der Waals surface area contributed by atoms with E-state index >= 15 is 0 Å². The summed E-state index contributed by atoms with van der Waals surface area (Å²) in [6.45, 7) is 6.16. The molecule has 1 saturated heterocycles. The van der Waals surface area contributed by atoms with Crippen LogP contribution in [0.5, 0.6) is 5.75 Å². The number of imidazole rings is 1. The number of carbonyl (C=O) groups is 1. The number of nitrogens with two attached hydrogens (primary N) is 1. The van der Waals surface area contributed by atoms with E-state index in [4.69, 9.17) is 24.3 Å². The molecule has 38 heavy (non-hydrogen) atoms. The Morgan fingerprint density at radius 1 is 1.21 bits per heavy atom. The standard InChI is InChI=1S/C23H29N6O8P/c1-12(2)34-20(30)13(3)28-38(33,36-14-8-6-5-7-9-14)37-17-16-23(17,32)22(4,31)21(35-16)29-11-27-15-18(24)25-10-26-19(15)29/h5-13,16-17,21,31-32H,1-4H3,(H,28,33)(H2,24,25,26)/t13-,16+,17?,21+,22-,23-,38+/m0/s1. The second-order valence-electron chi connectivity index (χ2n) is 9.73. The fraction of sp³-hybridized carbons (Fsp3) is 0.478. The number of hydrogen-bond donors (Lipinski definition) is 4. The Hall–Kier alpha value is -3.13. The molecule has 1 aliphatic heterocycles. The zero-order chi connectivity index (χ0) is 27.5. The molecule has 2 aliphatic rings. The number of nitrogens with zero attached hydrogens (tertiary/aromatic N) is 4. The first-order valence-corrected chi connectivity index (χ1v) is 13.5. The largest absolute Gasteiger partial charge is 0.462 e. The van der Waals surface area contributed by atoms with Gasteiger partial charge in [-0.15, -0.1) is 0 Å². The van der Waals surface area contributed by atoms with Crippen LogP contribution in [0, 0.1) is 0 Å². The molecule has 204 valence electrons. The predicted molar refractivity (Wildman–Crippen MR) is 133 cm³/mol. The molecule has 0 amide bonds. The first kappa shape index (κ1) is 26.5. The molecule has 0 spiro atoms. The van der Waals surface area contributed by atoms with Crippen molar-refractivity contribution in [3.63, 3.8) is 0 Å². The molecule has 0 radical (unpaired) electrons. The van der Waals surface area contributed by atoms with Crippen molar-refractivity contribution in [1.29, 1.82) is 0 Å². The number of rotatable bonds is 9. The Morgan fingerprint density at radius 3 is 2.55 bits per heavy atom. The van der Waals surface area contributed by atoms with E-state index in [0.29, 0.717) is 11.2 Å². The number of anilines is 1. The minimum Gasteiger partial charge on any atom is -0.462 e. The molecule has 2 fully saturated rings. The minimum absolute atomic E-state index is 0.145. The van der Waals surface area contributed by atoms with E-state index in [1.807, 2.05) is 0 Å². The Kier molecular flexibility index (Phi) is 6.45. The van der Waals surface area contributed by atoms with Gasteiger partial charge in [-0.1, -0.05) is 18.2 Å². The average molecular weight is 548 g/mol. The van der Waals surface area contributed by atoms with Crippen LogP contribution in [0.4, 0.5) is 5.82 Å². The normalized spacial score (nSPS) is 30.6. The summed E-state index contributed by atoms with van der Waals surface area (Å²) in [5, 5.41) is 25.5. The third-order valence-corrected chi connectivity index (χ3v) is 8.18. The van der Waals surface area contributed by atoms with Crippen molar-refractivity contribution >= 4 is 30.7 Å². The number of nitrogens with one attached hydrogen (secondary N) is 1. The van der Waals surface area contributed by atoms with Crippen molar-refractivity contribution in [3.05, 3.63) is 43.0 Å². The third-order valence-electron chi connectivity index (χ3n) is 6.52. The van der Waals surface area contributed by atoms with Gasteiger partial charge in [0, 0.05) is 0 Å². The highest BCUT2D eigenvalue weighted by Crippen LogP contribution is 2.65. The number of aliphatic hydroxyl groups is 2. The van der Waals surface area contributed by atoms with Gasteiger partial charge in [-0.05, 0) is 39.8 Å². The van der Waals surface area contributed by atoms with Crippen LogP contribution in [0.1, 0.15) is 33.9 Å². The second-order valence-corrected chi connectivity index (χ2v) is 11.4. The number of carbonyl (C=O) groups excluding carboxylic acids is 1. The maximum atomic E-state index is 13.9. The van der Waals surface area contributed by atoms with Gasteiger partial charge in [-0.2, -0.15) is 5.09 Å². The highest BCUT2D eigenvalue weighted by atomic mass is 31.2. The van der Waals surface area contributed by atoms with Crippen LogP contribution in [0.2, 0.25) is 0 Å². The van der Waals surface area contributed by atoms with Crippen molar-refractivity contribution in [1.82, 2.24) is 24.6 Å². The molecule has 3 heterocycles. The smallest absolute Gasteiger partial charge is 0.459 e. The number of benzene rings is 1. The quantitative estimate of drug-likeness (QED) is 0.221. The number of fused-ring (bicyclic) bond motifs is 2. The van der Waals surface area contributed by atoms with Crippen molar-refractivity contribution in [3.8, 4) is 5.75 Å². The average Bonchev–Trinajstić information content (AvgIpc) is 3.12. The van der Waals surface area contributed by atoms with Gasteiger partial charge in [0.25, 0.3) is 0 Å². The van der Waals surface area contributed by atoms with E-state index in [1.54, 1.807) is 44.2 Å². The Balaban J connectivity index is 1.39. The second kappa shape index (κ2) is 9.26. The van der Waals surface area contributed by atoms with Gasteiger partial charge >= 0.3 is 13.7 Å². The molecule has 1 aromatic carbocycles. The molecular weight excluding hydrogens is 519 g/mol. The molecule has 14 nitrogen and oxygen atoms in total. The van der Waals surface area contributed by atoms with E-state index in [0.717, 1.165) is 0 Å². The summed E-state index contributed by atoms with van der Waals surface area (Å²) in [5.74, 6) is -0.336. The Bertz CT molecular complexity index is 1400. The first-order chi connectivity index (χ1) is 17.9. The molecule has 1 saturated carbocycles. The van der Waals surface area contributed by atoms with Crippen molar-refractivity contribution < 1.29 is 38.1 Å². The number of nitrogen functional groups attached to an aromatic ring is 1. The number of hydrogen-bond acceptors (Lipinski definition) is 12. The van der Waals surface area contributed by atoms with Crippen LogP contribution in [0.25, 0.3) is 11.2 Å². The van der Waals surface area contributed by atoms with E-state index in [9.17, 15) is 19.6 Å². The molecule has 7 atom stereocenters. The monoisotopic (exact) mass is 548 g/mol. The maximum Gasteiger partial charge on any atom is 0.459 e. The summed E-state index contributed by atoms with van der Waals surface area (Å²) in [6.07, 6.45) is -1.27. The topological polar surface area (TPSA) is 193 Å². The van der Waals surface area contributed by atoms with E-state index in [2.05, 4.69) is 20.0 Å². The van der Waals surface area contributed by atoms with E-state index in [1.165, 1.54) is 31.1 Å². The van der Waals surface area contributed by atoms with Crippen molar-refractivity contribution in [2.45, 2.75) is 69.5 Å². The van der Waals surface area contributed by atoms with Crippen LogP contribution >= 0.6 is 7.75 Å². The summed E-state index contributed by atoms with van der Waals surface area (Å²) in [7, 11) is -4.32. The zero-order valence-electron chi connectivity index (χ0n) is 21.1. The van der Waals surface area contributed by atoms with Crippen LogP contribution in [0.3, 0.4) is 0 Å². The minimum atomic E-state index is -4.32. The third kappa shape index (κ3) is 4.32. The fourth-order valence-electron chi connectivity index (χ4n) is 4.52. The molecule has 1 aliphatic carbocycles. The highest BCUT2D eigenvalue weighted by molar-refractivity contribution is 7.52. The summed E-state index contributed by atoms with van der Waals surface area (Å²) in [5.41, 5.74) is 2.53. The Labute approximate surface area is 217 Å². The summed E-state index contributed by atoms with van der Waals surface area (Å²) in [6, 6.07) is 7.10. The number of ether oxygens (including phenoxy) is 2. The zero-order valence-corrected chi connectivity index (χ0v) is 22.0. The van der Waals surface area contributed by atoms with Crippen LogP contribution in [-0.4, -0.2) is 71.3 Å². The summed E-state index contributed by atoms with van der Waals surface area (Å²) >= 11 is 0. The number of aromatic nitrogens is 4. The molecule has 1 unspecified atom stereocenters. The van der Waals surface area contributed by atoms with Crippen LogP contribution in [0.15, 0.2) is 43.0 Å². The number of esters is 1. The van der Waals surface area contributed by atoms with Crippen molar-refractivity contribution in [2.24, 2.45) is 0 Å². The lowest BCUT2D eigenvalue weighted by molar-refractivity contribution is -0.155. The van der Waals surface area contributed by atoms with E-state index < -0.39 is 55.5 Å². The molecule has 5 rings (SSSR count). The maximum absolute atomic E-state index is 13.9. The molecule has 0 bridgehead atoms. The summed E-state index contributed by atoms with van der Waals surface area (Å²) < 4.78 is 37.9. The van der Waals surface area contributed by atoms with Gasteiger partial charge in [0.15, 0.2) is 23.3 Å². The highest BCUT2D eigenvalue weighted by Gasteiger charge is 2.84. The Morgan fingerprint density at radius 2 is 1.92 bits per heavy atom. The number of para-hydroxylation sites is 1. The van der Waals surface area contributed by atoms with Crippen molar-refractivity contribution in [2.75, 3.05) is 5.73 Å². The molecular formula is C23H29N6O8P. The van der Waals surface area contributed by atoms with Crippen LogP contribution in [-0.2, 0) is 23.4 Å². The van der Waals surface area contributed by atoms with Crippen LogP contribution < -0.4 is 15.3 Å². The molecule has 3 aromatic rings. The predicted octanol–water partition coefficient (Wildman–Crippen LogP) is 1.30. The van der Waals surface area contributed by atoms with Gasteiger partial charge in [0.2, 0.25) is 0 Å². The van der Waals surface area contributed by atoms with Gasteiger partial charge in [0.05, 0.1) is 12.4 Å². The van der Waals surface area contributed by atoms with Gasteiger partial charge in [0.1, 0.15) is 41.4 Å². The van der Waals surface area contributed by atoms with Gasteiger partial charge in [-0.3, -0.25) is 13.9 Å². The van der Waals surface area contributed by atoms with Gasteiger partial charge < -0.3 is 29.9 Å². The molecule has 15 heteroatoms. The fourth-order valence-corrected chi connectivity index (χ4v) is 6.23. The lowest BCUT2D eigenvalue weighted by Gasteiger charge is -2.33. The lowest BCUT2D eigenvalue weighted by Crippen LogP contribution is -2.49. The lowest BCUT2D eigenvalue weighted by atomic mass is 9.95. The molecule has 5 N–H and O–H groups in total. The SMILES string of the molecule is CC(C)OC(=O)[C@H](C)N[P@@](=O)(Oc1ccccc1)OC1[C@H]2O[C@@H](n3cnc4c(N)ncnc43)[C@](C)(O)[C@@]12O.